The minimum absolute atomic E-state index is 0.431. The molecule has 0 aliphatic carbocycles. The van der Waals surface area contributed by atoms with Crippen LogP contribution in [0, 0.1) is 5.92 Å². The van der Waals surface area contributed by atoms with Crippen LogP contribution in [0.1, 0.15) is 31.7 Å². The van der Waals surface area contributed by atoms with Gasteiger partial charge in [-0.25, -0.2) is 0 Å². The van der Waals surface area contributed by atoms with Crippen molar-refractivity contribution in [3.05, 3.63) is 42.0 Å². The smallest absolute Gasteiger partial charge is 0.120 e. The maximum absolute atomic E-state index is 10.2. The topological polar surface area (TPSA) is 23.5 Å². The monoisotopic (exact) mass is 269 g/mol. The molecule has 1 aliphatic heterocycles. The zero-order valence-corrected chi connectivity index (χ0v) is 12.2. The normalized spacial score (nSPS) is 20.9. The summed E-state index contributed by atoms with van der Waals surface area (Å²) in [6.07, 6.45) is 3.87. The Kier molecular flexibility index (Phi) is 3.93. The first-order valence-corrected chi connectivity index (χ1v) is 7.66. The number of phenolic OH excluding ortho intramolecular Hbond substituents is 1. The van der Waals surface area contributed by atoms with Gasteiger partial charge in [0, 0.05) is 12.1 Å². The van der Waals surface area contributed by atoms with Gasteiger partial charge in [-0.05, 0) is 55.1 Å². The molecule has 1 aliphatic rings. The molecule has 1 unspecified atom stereocenters. The third-order valence-corrected chi connectivity index (χ3v) is 4.51. The van der Waals surface area contributed by atoms with E-state index in [-0.39, 0.29) is 0 Å². The van der Waals surface area contributed by atoms with Gasteiger partial charge >= 0.3 is 0 Å². The zero-order valence-electron chi connectivity index (χ0n) is 12.2. The number of phenols is 1. The van der Waals surface area contributed by atoms with Gasteiger partial charge in [0.1, 0.15) is 5.75 Å². The second kappa shape index (κ2) is 5.84. The fraction of sp³-hybridized carbons (Fsp3) is 0.444. The number of aromatic hydroxyl groups is 1. The van der Waals surface area contributed by atoms with Crippen molar-refractivity contribution in [2.45, 2.75) is 32.7 Å². The summed E-state index contributed by atoms with van der Waals surface area (Å²) in [6, 6.07) is 12.2. The van der Waals surface area contributed by atoms with Crippen molar-refractivity contribution >= 4 is 10.8 Å². The van der Waals surface area contributed by atoms with Crippen LogP contribution >= 0.6 is 0 Å². The Morgan fingerprint density at radius 2 is 1.95 bits per heavy atom. The summed E-state index contributed by atoms with van der Waals surface area (Å²) < 4.78 is 0. The molecule has 1 saturated heterocycles. The summed E-state index contributed by atoms with van der Waals surface area (Å²) in [5, 5.41) is 12.6. The van der Waals surface area contributed by atoms with E-state index in [1.165, 1.54) is 30.0 Å². The van der Waals surface area contributed by atoms with Crippen molar-refractivity contribution in [3.63, 3.8) is 0 Å². The van der Waals surface area contributed by atoms with Crippen LogP contribution in [-0.4, -0.2) is 23.1 Å². The number of rotatable bonds is 2. The standard InChI is InChI=1S/C18H23NO/c1-14-5-4-11-19(12-10-14)13-17-16-7-3-2-6-15(16)8-9-18(17)20/h2-3,6-9,14,20H,4-5,10-13H2,1H3. The molecule has 1 fully saturated rings. The van der Waals surface area contributed by atoms with Crippen LogP contribution < -0.4 is 0 Å². The van der Waals surface area contributed by atoms with Crippen molar-refractivity contribution < 1.29 is 5.11 Å². The van der Waals surface area contributed by atoms with Crippen LogP contribution in [0.15, 0.2) is 36.4 Å². The van der Waals surface area contributed by atoms with E-state index in [0.717, 1.165) is 31.1 Å². The molecule has 2 aromatic carbocycles. The van der Waals surface area contributed by atoms with Gasteiger partial charge in [-0.1, -0.05) is 37.3 Å². The van der Waals surface area contributed by atoms with E-state index in [4.69, 9.17) is 0 Å². The quantitative estimate of drug-likeness (QED) is 0.884. The Balaban J connectivity index is 1.88. The Morgan fingerprint density at radius 3 is 2.85 bits per heavy atom. The van der Waals surface area contributed by atoms with E-state index in [1.54, 1.807) is 0 Å². The Bertz CT molecular complexity index is 593. The average molecular weight is 269 g/mol. The third-order valence-electron chi connectivity index (χ3n) is 4.51. The highest BCUT2D eigenvalue weighted by atomic mass is 16.3. The van der Waals surface area contributed by atoms with Crippen molar-refractivity contribution in [3.8, 4) is 5.75 Å². The van der Waals surface area contributed by atoms with Gasteiger partial charge in [-0.2, -0.15) is 0 Å². The van der Waals surface area contributed by atoms with Gasteiger partial charge in [-0.3, -0.25) is 4.90 Å². The maximum Gasteiger partial charge on any atom is 0.120 e. The molecule has 106 valence electrons. The number of fused-ring (bicyclic) bond motifs is 1. The van der Waals surface area contributed by atoms with Crippen molar-refractivity contribution in [1.29, 1.82) is 0 Å². The highest BCUT2D eigenvalue weighted by Crippen LogP contribution is 2.29. The average Bonchev–Trinajstić information content (AvgIpc) is 2.67. The Hall–Kier alpha value is -1.54. The van der Waals surface area contributed by atoms with E-state index < -0.39 is 0 Å². The molecule has 0 saturated carbocycles. The highest BCUT2D eigenvalue weighted by molar-refractivity contribution is 5.87. The lowest BCUT2D eigenvalue weighted by molar-refractivity contribution is 0.271. The van der Waals surface area contributed by atoms with Crippen LogP contribution in [0.4, 0.5) is 0 Å². The lowest BCUT2D eigenvalue weighted by Gasteiger charge is -2.21. The minimum atomic E-state index is 0.431. The van der Waals surface area contributed by atoms with Gasteiger partial charge in [-0.15, -0.1) is 0 Å². The summed E-state index contributed by atoms with van der Waals surface area (Å²) >= 11 is 0. The van der Waals surface area contributed by atoms with E-state index >= 15 is 0 Å². The largest absolute Gasteiger partial charge is 0.508 e. The second-order valence-electron chi connectivity index (χ2n) is 6.10. The number of likely N-dealkylation sites (tertiary alicyclic amines) is 1. The van der Waals surface area contributed by atoms with E-state index in [9.17, 15) is 5.11 Å². The molecule has 2 heteroatoms. The number of benzene rings is 2. The van der Waals surface area contributed by atoms with E-state index in [0.29, 0.717) is 5.75 Å². The Morgan fingerprint density at radius 1 is 1.10 bits per heavy atom. The molecule has 3 rings (SSSR count). The molecular formula is C18H23NO. The lowest BCUT2D eigenvalue weighted by Crippen LogP contribution is -2.24. The number of nitrogens with zero attached hydrogens (tertiary/aromatic N) is 1. The first-order valence-electron chi connectivity index (χ1n) is 7.66. The molecule has 0 bridgehead atoms. The van der Waals surface area contributed by atoms with Crippen molar-refractivity contribution in [1.82, 2.24) is 4.90 Å². The molecule has 2 nitrogen and oxygen atoms in total. The van der Waals surface area contributed by atoms with Crippen molar-refractivity contribution in [2.24, 2.45) is 5.92 Å². The first-order chi connectivity index (χ1) is 9.74. The molecule has 0 aromatic heterocycles. The fourth-order valence-electron chi connectivity index (χ4n) is 3.19. The van der Waals surface area contributed by atoms with Crippen LogP contribution in [-0.2, 0) is 6.54 Å². The molecular weight excluding hydrogens is 246 g/mol. The first kappa shape index (κ1) is 13.4. The van der Waals surface area contributed by atoms with Crippen LogP contribution in [0.3, 0.4) is 0 Å². The number of hydrogen-bond acceptors (Lipinski definition) is 2. The zero-order chi connectivity index (χ0) is 13.9. The number of hydrogen-bond donors (Lipinski definition) is 1. The van der Waals surface area contributed by atoms with Gasteiger partial charge < -0.3 is 5.11 Å². The summed E-state index contributed by atoms with van der Waals surface area (Å²) in [5.41, 5.74) is 1.08. The third kappa shape index (κ3) is 2.80. The molecule has 0 amide bonds. The Labute approximate surface area is 121 Å². The van der Waals surface area contributed by atoms with Gasteiger partial charge in [0.2, 0.25) is 0 Å². The van der Waals surface area contributed by atoms with E-state index in [2.05, 4.69) is 36.1 Å². The van der Waals surface area contributed by atoms with Crippen LogP contribution in [0.25, 0.3) is 10.8 Å². The molecule has 1 atom stereocenters. The van der Waals surface area contributed by atoms with Gasteiger partial charge in [0.05, 0.1) is 0 Å². The molecule has 1 heterocycles. The summed E-state index contributed by atoms with van der Waals surface area (Å²) in [6.45, 7) is 5.50. The summed E-state index contributed by atoms with van der Waals surface area (Å²) in [5.74, 6) is 1.27. The molecule has 20 heavy (non-hydrogen) atoms. The predicted molar refractivity (Wildman–Crippen MR) is 83.9 cm³/mol. The van der Waals surface area contributed by atoms with Crippen molar-refractivity contribution in [2.75, 3.05) is 13.1 Å². The lowest BCUT2D eigenvalue weighted by atomic mass is 10.0. The predicted octanol–water partition coefficient (Wildman–Crippen LogP) is 4.17. The molecule has 0 spiro atoms. The SMILES string of the molecule is CC1CCCN(Cc2c(O)ccc3ccccc23)CC1. The highest BCUT2D eigenvalue weighted by Gasteiger charge is 2.16. The maximum atomic E-state index is 10.2. The van der Waals surface area contributed by atoms with Crippen LogP contribution in [0.5, 0.6) is 5.75 Å². The summed E-state index contributed by atoms with van der Waals surface area (Å²) in [4.78, 5) is 2.49. The second-order valence-corrected chi connectivity index (χ2v) is 6.10. The fourth-order valence-corrected chi connectivity index (χ4v) is 3.19. The van der Waals surface area contributed by atoms with Crippen LogP contribution in [0.2, 0.25) is 0 Å². The van der Waals surface area contributed by atoms with Gasteiger partial charge in [0.15, 0.2) is 0 Å². The summed E-state index contributed by atoms with van der Waals surface area (Å²) in [7, 11) is 0. The molecule has 1 N–H and O–H groups in total. The van der Waals surface area contributed by atoms with Gasteiger partial charge in [0.25, 0.3) is 0 Å². The van der Waals surface area contributed by atoms with E-state index in [1.807, 2.05) is 12.1 Å². The molecule has 0 radical (unpaired) electrons. The molecule has 2 aromatic rings. The minimum Gasteiger partial charge on any atom is -0.508 e.